The van der Waals surface area contributed by atoms with Gasteiger partial charge in [-0.2, -0.15) is 0 Å². The Hall–Kier alpha value is -1.64. The summed E-state index contributed by atoms with van der Waals surface area (Å²) in [5.41, 5.74) is 5.53. The second kappa shape index (κ2) is 7.41. The first-order valence-corrected chi connectivity index (χ1v) is 10.4. The molecule has 3 aromatic rings. The van der Waals surface area contributed by atoms with Crippen LogP contribution < -0.4 is 10.2 Å². The van der Waals surface area contributed by atoms with E-state index in [1.807, 2.05) is 48.7 Å². The van der Waals surface area contributed by atoms with E-state index in [0.717, 1.165) is 22.8 Å². The maximum Gasteiger partial charge on any atom is 0.174 e. The van der Waals surface area contributed by atoms with Gasteiger partial charge in [-0.1, -0.05) is 17.7 Å². The van der Waals surface area contributed by atoms with Gasteiger partial charge >= 0.3 is 0 Å². The number of hydrogen-bond donors (Lipinski definition) is 2. The number of rotatable bonds is 3. The highest BCUT2D eigenvalue weighted by Gasteiger charge is 2.42. The number of halogens is 2. The summed E-state index contributed by atoms with van der Waals surface area (Å²) >= 11 is 14.3. The third-order valence-corrected chi connectivity index (χ3v) is 6.80. The van der Waals surface area contributed by atoms with Crippen molar-refractivity contribution in [1.29, 1.82) is 0 Å². The van der Waals surface area contributed by atoms with Gasteiger partial charge in [0.25, 0.3) is 0 Å². The standard InChI is InChI=1S/C20H18ClIN4S/c1-11-16(17(22)12(2)24-11)19-18(15-5-3-4-10-23-15)25-20(27)26(19)14-8-6-13(21)7-9-14/h3-10,18-19,24H,1-2H3,(H,25,27). The minimum absolute atomic E-state index is 0.00887. The molecule has 27 heavy (non-hydrogen) atoms. The summed E-state index contributed by atoms with van der Waals surface area (Å²) in [4.78, 5) is 10.2. The van der Waals surface area contributed by atoms with Crippen LogP contribution in [-0.2, 0) is 0 Å². The van der Waals surface area contributed by atoms with Crippen molar-refractivity contribution in [2.45, 2.75) is 25.9 Å². The number of aryl methyl sites for hydroxylation is 2. The van der Waals surface area contributed by atoms with Crippen molar-refractivity contribution < 1.29 is 0 Å². The lowest BCUT2D eigenvalue weighted by Gasteiger charge is -2.28. The Kier molecular flexibility index (Phi) is 5.13. The quantitative estimate of drug-likeness (QED) is 0.364. The monoisotopic (exact) mass is 508 g/mol. The Balaban J connectivity index is 1.89. The third kappa shape index (κ3) is 3.34. The number of aromatic nitrogens is 2. The summed E-state index contributed by atoms with van der Waals surface area (Å²) in [5, 5.41) is 4.88. The van der Waals surface area contributed by atoms with Gasteiger partial charge in [0.2, 0.25) is 0 Å². The molecule has 0 aliphatic carbocycles. The van der Waals surface area contributed by atoms with Crippen molar-refractivity contribution in [3.63, 3.8) is 0 Å². The van der Waals surface area contributed by atoms with Crippen LogP contribution in [0.4, 0.5) is 5.69 Å². The largest absolute Gasteiger partial charge is 0.362 e. The zero-order chi connectivity index (χ0) is 19.1. The average molecular weight is 509 g/mol. The molecule has 4 nitrogen and oxygen atoms in total. The van der Waals surface area contributed by atoms with Crippen LogP contribution in [0.5, 0.6) is 0 Å². The minimum Gasteiger partial charge on any atom is -0.362 e. The second-order valence-electron chi connectivity index (χ2n) is 6.58. The SMILES string of the molecule is Cc1[nH]c(C)c(C2C(c3ccccn3)NC(=S)N2c2ccc(Cl)cc2)c1I. The number of nitrogens with zero attached hydrogens (tertiary/aromatic N) is 2. The van der Waals surface area contributed by atoms with Crippen molar-refractivity contribution >= 4 is 57.2 Å². The molecule has 2 N–H and O–H groups in total. The van der Waals surface area contributed by atoms with Crippen LogP contribution >= 0.6 is 46.4 Å². The normalized spacial score (nSPS) is 19.4. The van der Waals surface area contributed by atoms with Gasteiger partial charge in [0.05, 0.1) is 17.8 Å². The topological polar surface area (TPSA) is 44.0 Å². The van der Waals surface area contributed by atoms with Crippen LogP contribution in [0.25, 0.3) is 0 Å². The molecule has 138 valence electrons. The maximum atomic E-state index is 6.10. The van der Waals surface area contributed by atoms with Crippen molar-refractivity contribution in [1.82, 2.24) is 15.3 Å². The number of H-pyrrole nitrogens is 1. The van der Waals surface area contributed by atoms with Crippen LogP contribution in [0.1, 0.15) is 34.7 Å². The van der Waals surface area contributed by atoms with E-state index in [2.05, 4.69) is 56.6 Å². The van der Waals surface area contributed by atoms with Gasteiger partial charge in [0.1, 0.15) is 0 Å². The predicted molar refractivity (Wildman–Crippen MR) is 122 cm³/mol. The Bertz CT molecular complexity index is 987. The number of benzene rings is 1. The highest BCUT2D eigenvalue weighted by Crippen LogP contribution is 2.44. The fourth-order valence-corrected chi connectivity index (χ4v) is 4.98. The average Bonchev–Trinajstić information content (AvgIpc) is 3.12. The van der Waals surface area contributed by atoms with Gasteiger partial charge in [-0.3, -0.25) is 4.98 Å². The molecule has 1 aromatic carbocycles. The van der Waals surface area contributed by atoms with Crippen molar-refractivity contribution in [2.24, 2.45) is 0 Å². The molecule has 0 radical (unpaired) electrons. The molecule has 1 saturated heterocycles. The molecule has 3 heterocycles. The molecule has 0 spiro atoms. The van der Waals surface area contributed by atoms with Crippen molar-refractivity contribution in [3.8, 4) is 0 Å². The first-order valence-electron chi connectivity index (χ1n) is 8.58. The smallest absolute Gasteiger partial charge is 0.174 e. The molecule has 1 aliphatic rings. The van der Waals surface area contributed by atoms with Crippen LogP contribution in [0.2, 0.25) is 5.02 Å². The molecule has 4 rings (SSSR count). The number of pyridine rings is 1. The van der Waals surface area contributed by atoms with Crippen molar-refractivity contribution in [3.05, 3.63) is 79.9 Å². The summed E-state index contributed by atoms with van der Waals surface area (Å²) in [5.74, 6) is 0. The van der Waals surface area contributed by atoms with E-state index in [0.29, 0.717) is 10.1 Å². The molecule has 2 atom stereocenters. The zero-order valence-electron chi connectivity index (χ0n) is 14.8. The Morgan fingerprint density at radius 1 is 1.11 bits per heavy atom. The lowest BCUT2D eigenvalue weighted by molar-refractivity contribution is 0.564. The Morgan fingerprint density at radius 2 is 1.85 bits per heavy atom. The molecule has 0 bridgehead atoms. The molecule has 0 saturated carbocycles. The Labute approximate surface area is 182 Å². The summed E-state index contributed by atoms with van der Waals surface area (Å²) in [7, 11) is 0. The summed E-state index contributed by atoms with van der Waals surface area (Å²) in [6.07, 6.45) is 1.82. The van der Waals surface area contributed by atoms with E-state index >= 15 is 0 Å². The zero-order valence-corrected chi connectivity index (χ0v) is 18.6. The van der Waals surface area contributed by atoms with Gasteiger partial charge in [-0.05, 0) is 85.1 Å². The van der Waals surface area contributed by atoms with E-state index < -0.39 is 0 Å². The summed E-state index contributed by atoms with van der Waals surface area (Å²) in [6.45, 7) is 4.21. The van der Waals surface area contributed by atoms with Crippen LogP contribution in [0.3, 0.4) is 0 Å². The van der Waals surface area contributed by atoms with E-state index in [1.54, 1.807) is 0 Å². The van der Waals surface area contributed by atoms with E-state index in [9.17, 15) is 0 Å². The first kappa shape index (κ1) is 18.7. The molecule has 1 fully saturated rings. The van der Waals surface area contributed by atoms with E-state index in [1.165, 1.54) is 9.13 Å². The highest BCUT2D eigenvalue weighted by atomic mass is 127. The molecule has 1 aliphatic heterocycles. The lowest BCUT2D eigenvalue weighted by Crippen LogP contribution is -2.29. The summed E-state index contributed by atoms with van der Waals surface area (Å²) in [6, 6.07) is 13.7. The molecule has 2 aromatic heterocycles. The number of nitrogens with one attached hydrogen (secondary N) is 2. The Morgan fingerprint density at radius 3 is 2.44 bits per heavy atom. The molecule has 7 heteroatoms. The van der Waals surface area contributed by atoms with Gasteiger partial charge < -0.3 is 15.2 Å². The predicted octanol–water partition coefficient (Wildman–Crippen LogP) is 5.46. The van der Waals surface area contributed by atoms with Gasteiger partial charge in [0, 0.05) is 37.4 Å². The fraction of sp³-hybridized carbons (Fsp3) is 0.200. The van der Waals surface area contributed by atoms with Crippen LogP contribution in [0, 0.1) is 17.4 Å². The van der Waals surface area contributed by atoms with Crippen molar-refractivity contribution in [2.75, 3.05) is 4.90 Å². The second-order valence-corrected chi connectivity index (χ2v) is 8.48. The van der Waals surface area contributed by atoms with Gasteiger partial charge in [-0.15, -0.1) is 0 Å². The lowest BCUT2D eigenvalue weighted by atomic mass is 9.96. The number of hydrogen-bond acceptors (Lipinski definition) is 2. The third-order valence-electron chi connectivity index (χ3n) is 4.84. The molecular formula is C20H18ClIN4S. The minimum atomic E-state index is -0.0446. The molecular weight excluding hydrogens is 491 g/mol. The van der Waals surface area contributed by atoms with Crippen LogP contribution in [-0.4, -0.2) is 15.1 Å². The number of anilines is 1. The van der Waals surface area contributed by atoms with Gasteiger partial charge in [-0.25, -0.2) is 0 Å². The van der Waals surface area contributed by atoms with E-state index in [-0.39, 0.29) is 12.1 Å². The molecule has 0 amide bonds. The van der Waals surface area contributed by atoms with Gasteiger partial charge in [0.15, 0.2) is 5.11 Å². The fourth-order valence-electron chi connectivity index (χ4n) is 3.65. The first-order chi connectivity index (χ1) is 13.0. The molecule has 2 unspecified atom stereocenters. The van der Waals surface area contributed by atoms with Crippen LogP contribution in [0.15, 0.2) is 48.7 Å². The number of aromatic amines is 1. The number of thiocarbonyl (C=S) groups is 1. The highest BCUT2D eigenvalue weighted by molar-refractivity contribution is 14.1. The maximum absolute atomic E-state index is 6.10. The summed E-state index contributed by atoms with van der Waals surface area (Å²) < 4.78 is 1.22. The van der Waals surface area contributed by atoms with E-state index in [4.69, 9.17) is 23.8 Å².